The minimum atomic E-state index is -1.14. The number of aliphatic carboxylic acids is 1. The van der Waals surface area contributed by atoms with E-state index in [0.717, 1.165) is 38.5 Å². The van der Waals surface area contributed by atoms with E-state index in [4.69, 9.17) is 4.74 Å². The molecule has 0 saturated carbocycles. The van der Waals surface area contributed by atoms with Gasteiger partial charge < -0.3 is 25.8 Å². The average molecular weight is 637 g/mol. The Hall–Kier alpha value is -3.18. The van der Waals surface area contributed by atoms with Gasteiger partial charge in [0.05, 0.1) is 18.8 Å². The summed E-state index contributed by atoms with van der Waals surface area (Å²) in [6.07, 6.45) is 20.9. The molecule has 1 atom stereocenters. The highest BCUT2D eigenvalue weighted by molar-refractivity contribution is 5.84. The van der Waals surface area contributed by atoms with Crippen LogP contribution in [0, 0.1) is 0 Å². The normalized spacial score (nSPS) is 11.6. The third-order valence-electron chi connectivity index (χ3n) is 7.69. The molecule has 258 valence electrons. The first-order chi connectivity index (χ1) is 21.8. The minimum absolute atomic E-state index is 0.0174. The van der Waals surface area contributed by atoms with Gasteiger partial charge in [0.1, 0.15) is 6.04 Å². The summed E-state index contributed by atoms with van der Waals surface area (Å²) in [5.41, 5.74) is 0.666. The summed E-state index contributed by atoms with van der Waals surface area (Å²) >= 11 is 0. The van der Waals surface area contributed by atoms with Gasteiger partial charge in [-0.1, -0.05) is 109 Å². The van der Waals surface area contributed by atoms with E-state index in [9.17, 15) is 24.3 Å². The summed E-state index contributed by atoms with van der Waals surface area (Å²) in [5, 5.41) is 25.6. The van der Waals surface area contributed by atoms with Crippen molar-refractivity contribution in [3.8, 4) is 0 Å². The quantitative estimate of drug-likeness (QED) is 0.0815. The summed E-state index contributed by atoms with van der Waals surface area (Å²) < 4.78 is 6.72. The van der Waals surface area contributed by atoms with Crippen LogP contribution in [-0.2, 0) is 32.1 Å². The molecule has 1 aromatic heterocycles. The lowest BCUT2D eigenvalue weighted by Gasteiger charge is -2.14. The Balaban J connectivity index is 2.11. The van der Waals surface area contributed by atoms with Crippen molar-refractivity contribution in [2.75, 3.05) is 19.7 Å². The number of unbranched alkanes of at least 4 members (excludes halogenated alkanes) is 14. The molecule has 0 spiro atoms. The Kier molecular flexibility index (Phi) is 24.0. The molecular weight excluding hydrogens is 576 g/mol. The number of hydrogen-bond acceptors (Lipinski definition) is 7. The van der Waals surface area contributed by atoms with Crippen molar-refractivity contribution >= 4 is 23.9 Å². The van der Waals surface area contributed by atoms with Gasteiger partial charge >= 0.3 is 12.1 Å². The van der Waals surface area contributed by atoms with Crippen molar-refractivity contribution in [2.45, 2.75) is 155 Å². The Morgan fingerprint density at radius 3 is 2.00 bits per heavy atom. The zero-order chi connectivity index (χ0) is 33.0. The molecule has 0 aromatic carbocycles. The first-order valence-corrected chi connectivity index (χ1v) is 17.4. The number of carboxylic acids is 1. The standard InChI is InChI=1S/C33H60N6O6/c1-3-5-7-8-9-10-11-12-13-14-15-16-17-19-31(41)36-29(32(42)43)20-21-30(40)34-24-25-39-27-28(37-38-39)22-26-45-33(44)35-23-18-6-4-2/h27,29H,3-26H2,1-2H3,(H,34,40)(H,35,44)(H,36,41)(H,42,43). The van der Waals surface area contributed by atoms with E-state index in [1.165, 1.54) is 64.2 Å². The van der Waals surface area contributed by atoms with E-state index in [1.54, 1.807) is 10.9 Å². The smallest absolute Gasteiger partial charge is 0.407 e. The SMILES string of the molecule is CCCCCCCCCCCCCCCC(=O)NC(CCC(=O)NCCn1cc(CCOC(=O)NCCCCC)nn1)C(=O)O. The zero-order valence-corrected chi connectivity index (χ0v) is 28.0. The van der Waals surface area contributed by atoms with Gasteiger partial charge in [0.15, 0.2) is 0 Å². The number of amides is 3. The topological polar surface area (TPSA) is 165 Å². The zero-order valence-electron chi connectivity index (χ0n) is 28.0. The van der Waals surface area contributed by atoms with Crippen LogP contribution in [0.25, 0.3) is 0 Å². The second-order valence-corrected chi connectivity index (χ2v) is 11.8. The van der Waals surface area contributed by atoms with Gasteiger partial charge in [0.2, 0.25) is 11.8 Å². The van der Waals surface area contributed by atoms with Gasteiger partial charge in [-0.2, -0.15) is 0 Å². The summed E-state index contributed by atoms with van der Waals surface area (Å²) in [7, 11) is 0. The molecule has 12 nitrogen and oxygen atoms in total. The first kappa shape index (κ1) is 39.8. The predicted molar refractivity (Wildman–Crippen MR) is 175 cm³/mol. The fourth-order valence-corrected chi connectivity index (χ4v) is 4.93. The van der Waals surface area contributed by atoms with Gasteiger partial charge in [0.25, 0.3) is 0 Å². The van der Waals surface area contributed by atoms with Gasteiger partial charge in [-0.05, 0) is 19.3 Å². The Bertz CT molecular complexity index is 941. The molecular formula is C33H60N6O6. The summed E-state index contributed by atoms with van der Waals surface area (Å²) in [5.74, 6) is -1.73. The maximum absolute atomic E-state index is 12.3. The first-order valence-electron chi connectivity index (χ1n) is 17.4. The highest BCUT2D eigenvalue weighted by Gasteiger charge is 2.20. The fraction of sp³-hybridized carbons (Fsp3) is 0.818. The molecule has 0 aliphatic rings. The van der Waals surface area contributed by atoms with Gasteiger partial charge in [-0.3, -0.25) is 14.3 Å². The molecule has 0 bridgehead atoms. The van der Waals surface area contributed by atoms with Crippen molar-refractivity contribution in [3.63, 3.8) is 0 Å². The van der Waals surface area contributed by atoms with Crippen LogP contribution in [-0.4, -0.2) is 69.7 Å². The molecule has 1 unspecified atom stereocenters. The summed E-state index contributed by atoms with van der Waals surface area (Å²) in [6.45, 7) is 5.80. The number of aromatic nitrogens is 3. The van der Waals surface area contributed by atoms with E-state index in [0.29, 0.717) is 38.2 Å². The monoisotopic (exact) mass is 636 g/mol. The molecule has 0 saturated heterocycles. The molecule has 45 heavy (non-hydrogen) atoms. The second kappa shape index (κ2) is 27.2. The van der Waals surface area contributed by atoms with Crippen LogP contribution in [0.2, 0.25) is 0 Å². The number of nitrogens with one attached hydrogen (secondary N) is 3. The van der Waals surface area contributed by atoms with Gasteiger partial charge in [0, 0.05) is 38.5 Å². The third-order valence-corrected chi connectivity index (χ3v) is 7.69. The van der Waals surface area contributed by atoms with Crippen LogP contribution in [0.5, 0.6) is 0 Å². The maximum atomic E-state index is 12.3. The molecule has 0 fully saturated rings. The van der Waals surface area contributed by atoms with Crippen LogP contribution < -0.4 is 16.0 Å². The number of carbonyl (C=O) groups excluding carboxylic acids is 3. The number of carboxylic acid groups (broad SMARTS) is 1. The lowest BCUT2D eigenvalue weighted by Crippen LogP contribution is -2.41. The van der Waals surface area contributed by atoms with Crippen molar-refractivity contribution in [1.82, 2.24) is 30.9 Å². The molecule has 4 N–H and O–H groups in total. The van der Waals surface area contributed by atoms with Crippen LogP contribution >= 0.6 is 0 Å². The minimum Gasteiger partial charge on any atom is -0.480 e. The molecule has 1 rings (SSSR count). The van der Waals surface area contributed by atoms with E-state index < -0.39 is 18.1 Å². The lowest BCUT2D eigenvalue weighted by atomic mass is 10.0. The number of nitrogens with zero attached hydrogens (tertiary/aromatic N) is 3. The molecule has 0 radical (unpaired) electrons. The Labute approximate surface area is 270 Å². The fourth-order valence-electron chi connectivity index (χ4n) is 4.93. The van der Waals surface area contributed by atoms with Crippen LogP contribution in [0.3, 0.4) is 0 Å². The van der Waals surface area contributed by atoms with Crippen molar-refractivity contribution in [1.29, 1.82) is 0 Å². The van der Waals surface area contributed by atoms with Crippen molar-refractivity contribution < 1.29 is 29.0 Å². The van der Waals surface area contributed by atoms with Gasteiger partial charge in [-0.25, -0.2) is 9.59 Å². The van der Waals surface area contributed by atoms with E-state index in [2.05, 4.69) is 40.1 Å². The number of hydrogen-bond donors (Lipinski definition) is 4. The van der Waals surface area contributed by atoms with Crippen LogP contribution in [0.4, 0.5) is 4.79 Å². The molecule has 0 aliphatic heterocycles. The highest BCUT2D eigenvalue weighted by Crippen LogP contribution is 2.13. The molecule has 1 aromatic rings. The van der Waals surface area contributed by atoms with Crippen LogP contribution in [0.15, 0.2) is 6.20 Å². The van der Waals surface area contributed by atoms with Gasteiger partial charge in [-0.15, -0.1) is 5.10 Å². The Morgan fingerprint density at radius 1 is 0.778 bits per heavy atom. The molecule has 12 heteroatoms. The van der Waals surface area contributed by atoms with E-state index in [-0.39, 0.29) is 31.3 Å². The van der Waals surface area contributed by atoms with Crippen LogP contribution in [0.1, 0.15) is 142 Å². The van der Waals surface area contributed by atoms with Crippen molar-refractivity contribution in [3.05, 3.63) is 11.9 Å². The maximum Gasteiger partial charge on any atom is 0.407 e. The summed E-state index contributed by atoms with van der Waals surface area (Å²) in [4.78, 5) is 47.8. The average Bonchev–Trinajstić information content (AvgIpc) is 3.47. The molecule has 0 aliphatic carbocycles. The van der Waals surface area contributed by atoms with E-state index in [1.807, 2.05) is 0 Å². The number of ether oxygens (including phenoxy) is 1. The summed E-state index contributed by atoms with van der Waals surface area (Å²) in [6, 6.07) is -1.09. The third kappa shape index (κ3) is 22.9. The molecule has 1 heterocycles. The second-order valence-electron chi connectivity index (χ2n) is 11.8. The number of rotatable bonds is 29. The largest absolute Gasteiger partial charge is 0.480 e. The lowest BCUT2D eigenvalue weighted by molar-refractivity contribution is -0.142. The number of carbonyl (C=O) groups is 4. The highest BCUT2D eigenvalue weighted by atomic mass is 16.5. The number of alkyl carbamates (subject to hydrolysis) is 1. The van der Waals surface area contributed by atoms with Crippen molar-refractivity contribution in [2.24, 2.45) is 0 Å². The van der Waals surface area contributed by atoms with E-state index >= 15 is 0 Å². The Morgan fingerprint density at radius 2 is 1.38 bits per heavy atom. The predicted octanol–water partition coefficient (Wildman–Crippen LogP) is 5.68. The molecule has 3 amide bonds.